The predicted molar refractivity (Wildman–Crippen MR) is 94.0 cm³/mol. The summed E-state index contributed by atoms with van der Waals surface area (Å²) >= 11 is 5.94. The van der Waals surface area contributed by atoms with Crippen LogP contribution in [-0.2, 0) is 20.7 Å². The Morgan fingerprint density at radius 3 is 2.75 bits per heavy atom. The van der Waals surface area contributed by atoms with Crippen molar-refractivity contribution in [2.75, 3.05) is 32.8 Å². The van der Waals surface area contributed by atoms with Crippen molar-refractivity contribution in [3.63, 3.8) is 0 Å². The molecule has 1 fully saturated rings. The first kappa shape index (κ1) is 18.7. The minimum Gasteiger partial charge on any atom is -0.466 e. The lowest BCUT2D eigenvalue weighted by molar-refractivity contribution is -0.149. The third-order valence-electron chi connectivity index (χ3n) is 4.20. The van der Waals surface area contributed by atoms with Gasteiger partial charge >= 0.3 is 5.97 Å². The van der Waals surface area contributed by atoms with Gasteiger partial charge in [-0.15, -0.1) is 0 Å². The van der Waals surface area contributed by atoms with Crippen molar-refractivity contribution >= 4 is 23.5 Å². The number of benzene rings is 1. The number of amides is 1. The van der Waals surface area contributed by atoms with Crippen LogP contribution in [0.2, 0.25) is 5.02 Å². The summed E-state index contributed by atoms with van der Waals surface area (Å²) in [4.78, 5) is 25.8. The van der Waals surface area contributed by atoms with Gasteiger partial charge in [-0.2, -0.15) is 0 Å². The summed E-state index contributed by atoms with van der Waals surface area (Å²) in [6.07, 6.45) is 2.28. The van der Waals surface area contributed by atoms with Crippen molar-refractivity contribution in [3.05, 3.63) is 34.9 Å². The molecule has 1 amide bonds. The van der Waals surface area contributed by atoms with E-state index in [-0.39, 0.29) is 17.8 Å². The topological polar surface area (TPSA) is 58.6 Å². The van der Waals surface area contributed by atoms with E-state index in [1.54, 1.807) is 0 Å². The predicted octanol–water partition coefficient (Wildman–Crippen LogP) is 2.27. The first-order valence-corrected chi connectivity index (χ1v) is 8.86. The van der Waals surface area contributed by atoms with Gasteiger partial charge in [0.25, 0.3) is 0 Å². The Morgan fingerprint density at radius 2 is 2.08 bits per heavy atom. The van der Waals surface area contributed by atoms with Crippen LogP contribution in [0, 0.1) is 5.92 Å². The summed E-state index contributed by atoms with van der Waals surface area (Å²) in [5, 5.41) is 3.65. The molecule has 2 rings (SSSR count). The third-order valence-corrected chi connectivity index (χ3v) is 4.43. The van der Waals surface area contributed by atoms with Gasteiger partial charge < -0.3 is 10.1 Å². The molecule has 0 bridgehead atoms. The molecule has 6 heteroatoms. The van der Waals surface area contributed by atoms with Crippen LogP contribution in [0.25, 0.3) is 0 Å². The Labute approximate surface area is 148 Å². The van der Waals surface area contributed by atoms with E-state index in [2.05, 4.69) is 10.2 Å². The monoisotopic (exact) mass is 352 g/mol. The minimum absolute atomic E-state index is 0.0200. The molecule has 5 nitrogen and oxygen atoms in total. The van der Waals surface area contributed by atoms with E-state index in [4.69, 9.17) is 16.3 Å². The average molecular weight is 353 g/mol. The van der Waals surface area contributed by atoms with Gasteiger partial charge in [-0.25, -0.2) is 0 Å². The molecule has 0 radical (unpaired) electrons. The number of rotatable bonds is 7. The molecule has 1 N–H and O–H groups in total. The lowest BCUT2D eigenvalue weighted by atomic mass is 9.97. The highest BCUT2D eigenvalue weighted by Crippen LogP contribution is 2.18. The number of hydrogen-bond acceptors (Lipinski definition) is 4. The molecule has 0 aromatic heterocycles. The minimum atomic E-state index is -0.108. The van der Waals surface area contributed by atoms with Crippen LogP contribution in [-0.4, -0.2) is 49.6 Å². The van der Waals surface area contributed by atoms with Gasteiger partial charge in [-0.05, 0) is 57.0 Å². The van der Waals surface area contributed by atoms with Crippen molar-refractivity contribution in [2.45, 2.75) is 26.2 Å². The number of nitrogens with one attached hydrogen (secondary N) is 1. The number of carbonyl (C=O) groups excluding carboxylic acids is 2. The molecule has 1 aromatic rings. The normalized spacial score (nSPS) is 15.9. The highest BCUT2D eigenvalue weighted by Gasteiger charge is 2.26. The van der Waals surface area contributed by atoms with Crippen molar-refractivity contribution < 1.29 is 14.3 Å². The zero-order chi connectivity index (χ0) is 17.4. The molecule has 1 aromatic carbocycles. The van der Waals surface area contributed by atoms with Crippen molar-refractivity contribution in [2.24, 2.45) is 5.92 Å². The Kier molecular flexibility index (Phi) is 7.53. The average Bonchev–Trinajstić information content (AvgIpc) is 2.56. The lowest BCUT2D eigenvalue weighted by Gasteiger charge is -2.30. The van der Waals surface area contributed by atoms with E-state index in [1.807, 2.05) is 31.2 Å². The Morgan fingerprint density at radius 1 is 1.33 bits per heavy atom. The van der Waals surface area contributed by atoms with E-state index in [0.717, 1.165) is 37.9 Å². The van der Waals surface area contributed by atoms with E-state index >= 15 is 0 Å². The summed E-state index contributed by atoms with van der Waals surface area (Å²) in [5.41, 5.74) is 1.11. The molecule has 1 saturated heterocycles. The third kappa shape index (κ3) is 6.13. The second-order valence-electron chi connectivity index (χ2n) is 6.03. The fourth-order valence-corrected chi connectivity index (χ4v) is 3.10. The molecule has 0 aliphatic carbocycles. The second-order valence-corrected chi connectivity index (χ2v) is 6.47. The van der Waals surface area contributed by atoms with E-state index < -0.39 is 0 Å². The van der Waals surface area contributed by atoms with Gasteiger partial charge in [0.1, 0.15) is 0 Å². The Balaban J connectivity index is 1.64. The van der Waals surface area contributed by atoms with Crippen LogP contribution >= 0.6 is 11.6 Å². The molecule has 1 aliphatic heterocycles. The van der Waals surface area contributed by atoms with E-state index in [0.29, 0.717) is 24.7 Å². The highest BCUT2D eigenvalue weighted by atomic mass is 35.5. The molecule has 0 spiro atoms. The maximum absolute atomic E-state index is 12.0. The fourth-order valence-electron chi connectivity index (χ4n) is 2.88. The summed E-state index contributed by atoms with van der Waals surface area (Å²) in [7, 11) is 0. The Hall–Kier alpha value is -1.59. The standard InChI is InChI=1S/C18H25ClN2O3/c1-2-24-18(23)15-7-10-21(11-8-15)13-17(22)20-9-6-14-4-3-5-16(19)12-14/h3-5,12,15H,2,6-11,13H2,1H3,(H,20,22). The van der Waals surface area contributed by atoms with Gasteiger partial charge in [0, 0.05) is 11.6 Å². The van der Waals surface area contributed by atoms with Crippen LogP contribution in [0.15, 0.2) is 24.3 Å². The summed E-state index contributed by atoms with van der Waals surface area (Å²) < 4.78 is 5.06. The zero-order valence-electron chi connectivity index (χ0n) is 14.1. The van der Waals surface area contributed by atoms with Crippen molar-refractivity contribution in [1.82, 2.24) is 10.2 Å². The van der Waals surface area contributed by atoms with E-state index in [1.165, 1.54) is 0 Å². The lowest BCUT2D eigenvalue weighted by Crippen LogP contribution is -2.43. The van der Waals surface area contributed by atoms with Crippen molar-refractivity contribution in [3.8, 4) is 0 Å². The number of ether oxygens (including phenoxy) is 1. The van der Waals surface area contributed by atoms with Crippen LogP contribution < -0.4 is 5.32 Å². The summed E-state index contributed by atoms with van der Waals surface area (Å²) in [6.45, 7) is 4.73. The number of carbonyl (C=O) groups is 2. The Bertz CT molecular complexity index is 557. The second kappa shape index (κ2) is 9.64. The quantitative estimate of drug-likeness (QED) is 0.765. The SMILES string of the molecule is CCOC(=O)C1CCN(CC(=O)NCCc2cccc(Cl)c2)CC1. The first-order valence-electron chi connectivity index (χ1n) is 8.48. The first-order chi connectivity index (χ1) is 11.6. The number of halogens is 1. The van der Waals surface area contributed by atoms with Gasteiger partial charge in [0.05, 0.1) is 19.1 Å². The molecule has 24 heavy (non-hydrogen) atoms. The molecule has 0 saturated carbocycles. The molecule has 0 unspecified atom stereocenters. The zero-order valence-corrected chi connectivity index (χ0v) is 14.8. The molecular weight excluding hydrogens is 328 g/mol. The summed E-state index contributed by atoms with van der Waals surface area (Å²) in [6, 6.07) is 7.66. The molecular formula is C18H25ClN2O3. The molecule has 1 heterocycles. The van der Waals surface area contributed by atoms with E-state index in [9.17, 15) is 9.59 Å². The van der Waals surface area contributed by atoms with Gasteiger partial charge in [0.15, 0.2) is 0 Å². The molecule has 132 valence electrons. The number of esters is 1. The number of piperidine rings is 1. The van der Waals surface area contributed by atoms with Crippen LogP contribution in [0.3, 0.4) is 0 Å². The molecule has 0 atom stereocenters. The van der Waals surface area contributed by atoms with Gasteiger partial charge in [-0.1, -0.05) is 23.7 Å². The summed E-state index contributed by atoms with van der Waals surface area (Å²) in [5.74, 6) is -0.109. The largest absolute Gasteiger partial charge is 0.466 e. The van der Waals surface area contributed by atoms with Crippen LogP contribution in [0.1, 0.15) is 25.3 Å². The van der Waals surface area contributed by atoms with Gasteiger partial charge in [0.2, 0.25) is 5.91 Å². The number of nitrogens with zero attached hydrogens (tertiary/aromatic N) is 1. The van der Waals surface area contributed by atoms with Crippen LogP contribution in [0.5, 0.6) is 0 Å². The fraction of sp³-hybridized carbons (Fsp3) is 0.556. The number of likely N-dealkylation sites (tertiary alicyclic amines) is 1. The smallest absolute Gasteiger partial charge is 0.309 e. The highest BCUT2D eigenvalue weighted by molar-refractivity contribution is 6.30. The van der Waals surface area contributed by atoms with Gasteiger partial charge in [-0.3, -0.25) is 14.5 Å². The van der Waals surface area contributed by atoms with Crippen LogP contribution in [0.4, 0.5) is 0 Å². The number of hydrogen-bond donors (Lipinski definition) is 1. The maximum Gasteiger partial charge on any atom is 0.309 e. The van der Waals surface area contributed by atoms with Crippen molar-refractivity contribution in [1.29, 1.82) is 0 Å². The maximum atomic E-state index is 12.0. The molecule has 1 aliphatic rings.